The van der Waals surface area contributed by atoms with Crippen LogP contribution < -0.4 is 10.4 Å². The van der Waals surface area contributed by atoms with Crippen LogP contribution in [0.3, 0.4) is 0 Å². The third-order valence-corrected chi connectivity index (χ3v) is 4.51. The average Bonchev–Trinajstić information content (AvgIpc) is 2.66. The molecule has 8 heteroatoms. The van der Waals surface area contributed by atoms with E-state index in [0.29, 0.717) is 0 Å². The van der Waals surface area contributed by atoms with Gasteiger partial charge in [-0.25, -0.2) is 14.3 Å². The van der Waals surface area contributed by atoms with Crippen LogP contribution in [0.5, 0.6) is 0 Å². The molecule has 0 aliphatic heterocycles. The van der Waals surface area contributed by atoms with E-state index in [4.69, 9.17) is 4.84 Å². The minimum Gasteiger partial charge on any atom is -0.409 e. The van der Waals surface area contributed by atoms with E-state index >= 15 is 0 Å². The molecular weight excluding hydrogens is 339 g/mol. The van der Waals surface area contributed by atoms with Crippen LogP contribution in [-0.2, 0) is 0 Å². The van der Waals surface area contributed by atoms with Crippen molar-refractivity contribution in [1.82, 2.24) is 14.6 Å². The summed E-state index contributed by atoms with van der Waals surface area (Å²) >= 11 is 0. The van der Waals surface area contributed by atoms with Gasteiger partial charge in [-0.05, 0) is 38.0 Å². The quantitative estimate of drug-likeness (QED) is 0.618. The van der Waals surface area contributed by atoms with Gasteiger partial charge in [-0.2, -0.15) is 5.26 Å². The Labute approximate surface area is 149 Å². The normalized spacial score (nSPS) is 14.8. The second-order valence-electron chi connectivity index (χ2n) is 6.18. The Balaban J connectivity index is 2.11. The van der Waals surface area contributed by atoms with E-state index in [0.717, 1.165) is 53.9 Å². The molecule has 1 aliphatic rings. The highest BCUT2D eigenvalue weighted by Gasteiger charge is 2.30. The van der Waals surface area contributed by atoms with Crippen LogP contribution in [0.25, 0.3) is 10.9 Å². The van der Waals surface area contributed by atoms with Crippen molar-refractivity contribution < 1.29 is 14.0 Å². The highest BCUT2D eigenvalue weighted by Crippen LogP contribution is 2.23. The van der Waals surface area contributed by atoms with Crippen LogP contribution in [-0.4, -0.2) is 33.2 Å². The summed E-state index contributed by atoms with van der Waals surface area (Å²) in [6.07, 6.45) is 6.36. The van der Waals surface area contributed by atoms with Crippen molar-refractivity contribution in [3.63, 3.8) is 0 Å². The molecule has 1 aliphatic carbocycles. The van der Waals surface area contributed by atoms with E-state index in [9.17, 15) is 19.2 Å². The second kappa shape index (κ2) is 7.52. The molecule has 1 aromatic heterocycles. The second-order valence-corrected chi connectivity index (χ2v) is 6.18. The first-order valence-electron chi connectivity index (χ1n) is 8.65. The van der Waals surface area contributed by atoms with E-state index in [1.54, 1.807) is 6.92 Å². The van der Waals surface area contributed by atoms with Gasteiger partial charge in [-0.1, -0.05) is 19.3 Å². The van der Waals surface area contributed by atoms with Gasteiger partial charge >= 0.3 is 5.91 Å². The van der Waals surface area contributed by atoms with Crippen LogP contribution in [0.2, 0.25) is 0 Å². The summed E-state index contributed by atoms with van der Waals surface area (Å²) in [6.45, 7) is 1.76. The molecule has 0 spiro atoms. The molecule has 0 atom stereocenters. The maximum atomic E-state index is 13.5. The Hall–Kier alpha value is -2.95. The number of fused-ring (bicyclic) bond motifs is 1. The molecule has 0 radical (unpaired) electrons. The number of aromatic nitrogens is 2. The molecule has 0 saturated heterocycles. The van der Waals surface area contributed by atoms with Crippen molar-refractivity contribution in [3.8, 4) is 6.19 Å². The average molecular weight is 358 g/mol. The molecule has 0 unspecified atom stereocenters. The molecule has 1 heterocycles. The van der Waals surface area contributed by atoms with Crippen molar-refractivity contribution in [1.29, 1.82) is 5.26 Å². The topological polar surface area (TPSA) is 88.2 Å². The Morgan fingerprint density at radius 1 is 1.42 bits per heavy atom. The van der Waals surface area contributed by atoms with Crippen LogP contribution in [0.4, 0.5) is 4.39 Å². The number of hydrogen-bond acceptors (Lipinski definition) is 5. The summed E-state index contributed by atoms with van der Waals surface area (Å²) in [4.78, 5) is 36.2. The number of rotatable bonds is 4. The van der Waals surface area contributed by atoms with Crippen molar-refractivity contribution in [3.05, 3.63) is 40.2 Å². The Kier molecular flexibility index (Phi) is 5.16. The number of halogens is 1. The number of nitriles is 1. The minimum absolute atomic E-state index is 0.0103. The van der Waals surface area contributed by atoms with Gasteiger partial charge in [0.2, 0.25) is 5.82 Å². The molecule has 0 bridgehead atoms. The maximum Gasteiger partial charge on any atom is 0.306 e. The lowest BCUT2D eigenvalue weighted by Gasteiger charge is -2.28. The summed E-state index contributed by atoms with van der Waals surface area (Å²) in [5.74, 6) is -1.54. The fraction of sp³-hybridized carbons (Fsp3) is 0.444. The largest absolute Gasteiger partial charge is 0.409 e. The molecule has 1 amide bonds. The maximum absolute atomic E-state index is 13.5. The highest BCUT2D eigenvalue weighted by atomic mass is 19.1. The summed E-state index contributed by atoms with van der Waals surface area (Å²) in [5, 5.41) is 9.51. The SMILES string of the molecule is CCOn1c(C(=O)N(C#N)C2CCCCC2)nc2ccc(F)cc2c1=O. The van der Waals surface area contributed by atoms with E-state index in [-0.39, 0.29) is 29.4 Å². The lowest BCUT2D eigenvalue weighted by Crippen LogP contribution is -2.42. The lowest BCUT2D eigenvalue weighted by molar-refractivity contribution is 0.0629. The van der Waals surface area contributed by atoms with Crippen molar-refractivity contribution in [2.24, 2.45) is 0 Å². The molecule has 0 N–H and O–H groups in total. The molecular formula is C18H19FN4O3. The van der Waals surface area contributed by atoms with Crippen LogP contribution in [0, 0.1) is 17.3 Å². The van der Waals surface area contributed by atoms with Gasteiger partial charge in [-0.3, -0.25) is 9.59 Å². The van der Waals surface area contributed by atoms with Crippen LogP contribution in [0.1, 0.15) is 49.6 Å². The molecule has 2 aromatic rings. The molecule has 7 nitrogen and oxygen atoms in total. The summed E-state index contributed by atoms with van der Waals surface area (Å²) in [6, 6.07) is 3.34. The Morgan fingerprint density at radius 3 is 2.81 bits per heavy atom. The fourth-order valence-corrected chi connectivity index (χ4v) is 3.27. The third kappa shape index (κ3) is 3.25. The smallest absolute Gasteiger partial charge is 0.306 e. The number of nitrogens with zero attached hydrogens (tertiary/aromatic N) is 4. The van der Waals surface area contributed by atoms with Gasteiger partial charge in [0.25, 0.3) is 5.56 Å². The zero-order chi connectivity index (χ0) is 18.7. The monoisotopic (exact) mass is 358 g/mol. The lowest BCUT2D eigenvalue weighted by atomic mass is 9.94. The zero-order valence-electron chi connectivity index (χ0n) is 14.4. The summed E-state index contributed by atoms with van der Waals surface area (Å²) < 4.78 is 14.2. The molecule has 26 heavy (non-hydrogen) atoms. The predicted octanol–water partition coefficient (Wildman–Crippen LogP) is 2.24. The van der Waals surface area contributed by atoms with Gasteiger partial charge in [-0.15, -0.1) is 4.73 Å². The zero-order valence-corrected chi connectivity index (χ0v) is 14.4. The van der Waals surface area contributed by atoms with Gasteiger partial charge in [0.05, 0.1) is 10.9 Å². The van der Waals surface area contributed by atoms with E-state index in [2.05, 4.69) is 4.98 Å². The Morgan fingerprint density at radius 2 is 2.15 bits per heavy atom. The summed E-state index contributed by atoms with van der Waals surface area (Å²) in [5.41, 5.74) is -0.501. The minimum atomic E-state index is -0.684. The Bertz CT molecular complexity index is 928. The number of carbonyl (C=O) groups is 1. The number of benzene rings is 1. The molecule has 136 valence electrons. The number of amides is 1. The van der Waals surface area contributed by atoms with Gasteiger partial charge in [0, 0.05) is 6.04 Å². The summed E-state index contributed by atoms with van der Waals surface area (Å²) in [7, 11) is 0. The van der Waals surface area contributed by atoms with Gasteiger partial charge < -0.3 is 4.84 Å². The van der Waals surface area contributed by atoms with E-state index < -0.39 is 17.3 Å². The van der Waals surface area contributed by atoms with Gasteiger partial charge in [0.1, 0.15) is 12.4 Å². The fourth-order valence-electron chi connectivity index (χ4n) is 3.27. The standard InChI is InChI=1S/C18H19FN4O3/c1-2-26-23-16(18(25)22(11-20)13-6-4-3-5-7-13)21-15-9-8-12(19)10-14(15)17(23)24/h8-10,13H,2-7H2,1H3. The van der Waals surface area contributed by atoms with Crippen LogP contribution >= 0.6 is 0 Å². The highest BCUT2D eigenvalue weighted by molar-refractivity contribution is 5.94. The first kappa shape index (κ1) is 17.9. The first-order chi connectivity index (χ1) is 12.6. The van der Waals surface area contributed by atoms with Gasteiger partial charge in [0.15, 0.2) is 6.19 Å². The molecule has 1 fully saturated rings. The third-order valence-electron chi connectivity index (χ3n) is 4.51. The molecule has 1 saturated carbocycles. The van der Waals surface area contributed by atoms with E-state index in [1.165, 1.54) is 6.07 Å². The van der Waals surface area contributed by atoms with Crippen molar-refractivity contribution >= 4 is 16.8 Å². The predicted molar refractivity (Wildman–Crippen MR) is 91.7 cm³/mol. The van der Waals surface area contributed by atoms with Crippen molar-refractivity contribution in [2.45, 2.75) is 45.1 Å². The first-order valence-corrected chi connectivity index (χ1v) is 8.65. The van der Waals surface area contributed by atoms with Crippen LogP contribution in [0.15, 0.2) is 23.0 Å². The number of carbonyl (C=O) groups excluding carboxylic acids is 1. The molecule has 3 rings (SSSR count). The number of hydrogen-bond donors (Lipinski definition) is 0. The van der Waals surface area contributed by atoms with Crippen molar-refractivity contribution in [2.75, 3.05) is 6.61 Å². The molecule has 1 aromatic carbocycles. The van der Waals surface area contributed by atoms with E-state index in [1.807, 2.05) is 6.19 Å².